The topological polar surface area (TPSA) is 88.2 Å². The fourth-order valence-electron chi connectivity index (χ4n) is 1.91. The smallest absolute Gasteiger partial charge is 0.293 e. The normalized spacial score (nSPS) is 16.1. The molecule has 0 saturated carbocycles. The van der Waals surface area contributed by atoms with Crippen molar-refractivity contribution in [2.24, 2.45) is 5.16 Å². The first-order chi connectivity index (χ1) is 8.72. The quantitative estimate of drug-likeness (QED) is 0.378. The first-order valence-corrected chi connectivity index (χ1v) is 5.51. The van der Waals surface area contributed by atoms with Gasteiger partial charge in [0.15, 0.2) is 0 Å². The second-order valence-corrected chi connectivity index (χ2v) is 3.85. The first-order valence-electron chi connectivity index (χ1n) is 5.51. The van der Waals surface area contributed by atoms with Gasteiger partial charge in [0.05, 0.1) is 24.4 Å². The zero-order valence-corrected chi connectivity index (χ0v) is 9.65. The van der Waals surface area contributed by atoms with Crippen molar-refractivity contribution >= 4 is 17.6 Å². The highest BCUT2D eigenvalue weighted by Crippen LogP contribution is 2.29. The van der Waals surface area contributed by atoms with Crippen molar-refractivity contribution in [3.05, 3.63) is 33.9 Å². The van der Waals surface area contributed by atoms with Crippen molar-refractivity contribution in [3.8, 4) is 0 Å². The van der Waals surface area contributed by atoms with Crippen LogP contribution in [0, 0.1) is 10.1 Å². The Morgan fingerprint density at radius 2 is 2.17 bits per heavy atom. The van der Waals surface area contributed by atoms with Crippen molar-refractivity contribution in [2.75, 3.05) is 31.2 Å². The summed E-state index contributed by atoms with van der Waals surface area (Å²) in [6.45, 7) is 2.40. The molecule has 7 nitrogen and oxygen atoms in total. The van der Waals surface area contributed by atoms with E-state index in [0.29, 0.717) is 37.6 Å². The van der Waals surface area contributed by atoms with Crippen LogP contribution in [0.4, 0.5) is 11.4 Å². The van der Waals surface area contributed by atoms with Crippen LogP contribution in [0.25, 0.3) is 0 Å². The lowest BCUT2D eigenvalue weighted by molar-refractivity contribution is -0.384. The predicted molar refractivity (Wildman–Crippen MR) is 65.5 cm³/mol. The van der Waals surface area contributed by atoms with Crippen molar-refractivity contribution in [1.82, 2.24) is 0 Å². The molecule has 1 N–H and O–H groups in total. The lowest BCUT2D eigenvalue weighted by Gasteiger charge is -2.28. The molecule has 1 aromatic rings. The van der Waals surface area contributed by atoms with E-state index in [1.54, 1.807) is 12.1 Å². The van der Waals surface area contributed by atoms with E-state index in [1.165, 1.54) is 6.07 Å². The Hall–Kier alpha value is -2.15. The molecule has 1 saturated heterocycles. The lowest BCUT2D eigenvalue weighted by atomic mass is 10.1. The van der Waals surface area contributed by atoms with E-state index >= 15 is 0 Å². The van der Waals surface area contributed by atoms with E-state index in [1.807, 2.05) is 4.90 Å². The third kappa shape index (κ3) is 2.57. The minimum absolute atomic E-state index is 0.00861. The largest absolute Gasteiger partial charge is 0.411 e. The molecule has 1 heterocycles. The van der Waals surface area contributed by atoms with Crippen molar-refractivity contribution in [2.45, 2.75) is 0 Å². The number of ether oxygens (including phenoxy) is 1. The molecule has 18 heavy (non-hydrogen) atoms. The number of morpholine rings is 1. The Morgan fingerprint density at radius 1 is 1.44 bits per heavy atom. The molecule has 0 aromatic heterocycles. The average molecular weight is 251 g/mol. The van der Waals surface area contributed by atoms with Gasteiger partial charge >= 0.3 is 0 Å². The summed E-state index contributed by atoms with van der Waals surface area (Å²) in [6.07, 6.45) is 1.16. The first kappa shape index (κ1) is 12.3. The van der Waals surface area contributed by atoms with E-state index in [-0.39, 0.29) is 5.69 Å². The van der Waals surface area contributed by atoms with Crippen LogP contribution < -0.4 is 4.90 Å². The molecule has 96 valence electrons. The van der Waals surface area contributed by atoms with E-state index in [2.05, 4.69) is 5.16 Å². The van der Waals surface area contributed by atoms with Crippen molar-refractivity contribution in [1.29, 1.82) is 0 Å². The number of hydrogen-bond donors (Lipinski definition) is 1. The van der Waals surface area contributed by atoms with Crippen LogP contribution in [-0.2, 0) is 4.74 Å². The maximum absolute atomic E-state index is 11.1. The van der Waals surface area contributed by atoms with Gasteiger partial charge in [-0.2, -0.15) is 0 Å². The van der Waals surface area contributed by atoms with Crippen LogP contribution in [0.1, 0.15) is 5.56 Å². The van der Waals surface area contributed by atoms with Gasteiger partial charge in [0, 0.05) is 24.7 Å². The van der Waals surface area contributed by atoms with Crippen LogP contribution in [-0.4, -0.2) is 42.6 Å². The minimum atomic E-state index is -0.431. The maximum Gasteiger partial charge on any atom is 0.293 e. The van der Waals surface area contributed by atoms with Gasteiger partial charge in [-0.05, 0) is 6.07 Å². The summed E-state index contributed by atoms with van der Waals surface area (Å²) in [5.41, 5.74) is 1.06. The summed E-state index contributed by atoms with van der Waals surface area (Å²) in [7, 11) is 0. The molecule has 1 aliphatic rings. The Bertz CT molecular complexity index is 469. The molecule has 0 aliphatic carbocycles. The number of anilines is 1. The highest BCUT2D eigenvalue weighted by molar-refractivity contribution is 5.82. The molecular weight excluding hydrogens is 238 g/mol. The molecule has 7 heteroatoms. The fourth-order valence-corrected chi connectivity index (χ4v) is 1.91. The third-order valence-electron chi connectivity index (χ3n) is 2.75. The summed E-state index contributed by atoms with van der Waals surface area (Å²) in [5.74, 6) is 0. The molecule has 0 radical (unpaired) electrons. The molecule has 1 aliphatic heterocycles. The van der Waals surface area contributed by atoms with E-state index in [0.717, 1.165) is 6.21 Å². The standard InChI is InChI=1S/C11H13N3O4/c15-12-8-9-1-2-10(11(7-9)14(16)17)13-3-5-18-6-4-13/h1-2,7-8,15H,3-6H2/b12-8+. The van der Waals surface area contributed by atoms with Gasteiger partial charge in [0.25, 0.3) is 5.69 Å². The molecular formula is C11H13N3O4. The number of nitro groups is 1. The fraction of sp³-hybridized carbons (Fsp3) is 0.364. The van der Waals surface area contributed by atoms with E-state index in [4.69, 9.17) is 9.94 Å². The zero-order chi connectivity index (χ0) is 13.0. The van der Waals surface area contributed by atoms with Crippen LogP contribution >= 0.6 is 0 Å². The Labute approximate surface area is 103 Å². The predicted octanol–water partition coefficient (Wildman–Crippen LogP) is 1.24. The molecule has 0 atom stereocenters. The SMILES string of the molecule is O=[N+]([O-])c1cc(/C=N/O)ccc1N1CCOCC1. The van der Waals surface area contributed by atoms with Crippen LogP contribution in [0.5, 0.6) is 0 Å². The number of nitro benzene ring substituents is 1. The molecule has 0 amide bonds. The van der Waals surface area contributed by atoms with Gasteiger partial charge in [-0.15, -0.1) is 0 Å². The highest BCUT2D eigenvalue weighted by Gasteiger charge is 2.21. The van der Waals surface area contributed by atoms with Gasteiger partial charge in [0.1, 0.15) is 5.69 Å². The molecule has 0 bridgehead atoms. The summed E-state index contributed by atoms with van der Waals surface area (Å²) < 4.78 is 5.22. The van der Waals surface area contributed by atoms with E-state index in [9.17, 15) is 10.1 Å². The van der Waals surface area contributed by atoms with Gasteiger partial charge in [-0.25, -0.2) is 0 Å². The third-order valence-corrected chi connectivity index (χ3v) is 2.75. The van der Waals surface area contributed by atoms with E-state index < -0.39 is 4.92 Å². The lowest BCUT2D eigenvalue weighted by Crippen LogP contribution is -2.36. The van der Waals surface area contributed by atoms with Gasteiger partial charge < -0.3 is 14.8 Å². The van der Waals surface area contributed by atoms with Crippen molar-refractivity contribution in [3.63, 3.8) is 0 Å². The number of nitrogens with zero attached hydrogens (tertiary/aromatic N) is 3. The summed E-state index contributed by atoms with van der Waals surface area (Å²) in [4.78, 5) is 12.5. The summed E-state index contributed by atoms with van der Waals surface area (Å²) in [6, 6.07) is 4.74. The number of oxime groups is 1. The highest BCUT2D eigenvalue weighted by atomic mass is 16.6. The Balaban J connectivity index is 2.36. The second-order valence-electron chi connectivity index (χ2n) is 3.85. The number of hydrogen-bond acceptors (Lipinski definition) is 6. The number of benzene rings is 1. The molecule has 1 fully saturated rings. The van der Waals surface area contributed by atoms with Gasteiger partial charge in [0.2, 0.25) is 0 Å². The van der Waals surface area contributed by atoms with Crippen LogP contribution in [0.2, 0.25) is 0 Å². The van der Waals surface area contributed by atoms with Crippen molar-refractivity contribution < 1.29 is 14.9 Å². The molecule has 0 unspecified atom stereocenters. The average Bonchev–Trinajstić information content (AvgIpc) is 2.40. The number of rotatable bonds is 3. The van der Waals surface area contributed by atoms with Crippen LogP contribution in [0.3, 0.4) is 0 Å². The maximum atomic E-state index is 11.1. The van der Waals surface area contributed by atoms with Gasteiger partial charge in [-0.3, -0.25) is 10.1 Å². The van der Waals surface area contributed by atoms with Crippen LogP contribution in [0.15, 0.2) is 23.4 Å². The Morgan fingerprint density at radius 3 is 2.78 bits per heavy atom. The molecule has 2 rings (SSSR count). The minimum Gasteiger partial charge on any atom is -0.411 e. The molecule has 0 spiro atoms. The monoisotopic (exact) mass is 251 g/mol. The molecule has 1 aromatic carbocycles. The summed E-state index contributed by atoms with van der Waals surface area (Å²) >= 11 is 0. The summed E-state index contributed by atoms with van der Waals surface area (Å²) in [5, 5.41) is 22.4. The second kappa shape index (κ2) is 5.46. The Kier molecular flexibility index (Phi) is 3.73. The van der Waals surface area contributed by atoms with Gasteiger partial charge in [-0.1, -0.05) is 11.2 Å². The zero-order valence-electron chi connectivity index (χ0n) is 9.65.